The highest BCUT2D eigenvalue weighted by molar-refractivity contribution is 7.98. The van der Waals surface area contributed by atoms with Crippen molar-refractivity contribution in [3.63, 3.8) is 0 Å². The predicted octanol–water partition coefficient (Wildman–Crippen LogP) is 7.53. The van der Waals surface area contributed by atoms with Crippen LogP contribution in [0.5, 0.6) is 0 Å². The number of rotatable bonds is 21. The first kappa shape index (κ1) is 50.3. The van der Waals surface area contributed by atoms with Crippen LogP contribution in [0.25, 0.3) is 0 Å². The number of nitrogens with one attached hydrogen (secondary N) is 3. The van der Waals surface area contributed by atoms with Crippen molar-refractivity contribution >= 4 is 81.7 Å². The molecule has 1 aliphatic rings. The molecular formula is C38H50N10O7S4. The Hall–Kier alpha value is -4.84. The van der Waals surface area contributed by atoms with Gasteiger partial charge in [-0.1, -0.05) is 13.2 Å². The molecule has 0 radical (unpaired) electrons. The molecule has 1 aliphatic carbocycles. The van der Waals surface area contributed by atoms with Crippen LogP contribution in [0.15, 0.2) is 96.7 Å². The van der Waals surface area contributed by atoms with Gasteiger partial charge in [0.1, 0.15) is 33.1 Å². The average molecular weight is 887 g/mol. The number of nitriles is 2. The molecule has 318 valence electrons. The standard InChI is InChI=1S/C31H36N8O6S3.C5H11NOS.C2H3N/c1-4-45-17-6-15-33-30-26(20-32)21(3)29(31(35-30)34-16-18-46(40)5-2)39-38-27-14-9-23(19-28(27)48(43,44)25-12-13-25)37-36-22-7-10-24(11-8-22)47(41)42;1-3-8(7)5-4-6-2;1-2-3/h5,7-11,14,19H,2,4,6,12-13,15-18H2,1,3H3,(H,41,42)(H,43,44)(H2,33,34,35);3,6H,1,4-5H2,2H3;1H3. The molecule has 5 N–H and O–H groups in total. The quantitative estimate of drug-likeness (QED) is 0.0300. The summed E-state index contributed by atoms with van der Waals surface area (Å²) in [6.45, 7) is 14.7. The first-order chi connectivity index (χ1) is 28.3. The van der Waals surface area contributed by atoms with Gasteiger partial charge in [0.15, 0.2) is 16.9 Å². The van der Waals surface area contributed by atoms with Crippen LogP contribution < -0.4 is 16.0 Å². The summed E-state index contributed by atoms with van der Waals surface area (Å²) in [6, 6.07) is 14.4. The van der Waals surface area contributed by atoms with E-state index < -0.39 is 42.5 Å². The molecule has 0 amide bonds. The lowest BCUT2D eigenvalue weighted by atomic mass is 10.1. The summed E-state index contributed by atoms with van der Waals surface area (Å²) in [6.07, 6.45) is 1.70. The van der Waals surface area contributed by atoms with Gasteiger partial charge in [0.2, 0.25) is 0 Å². The fourth-order valence-electron chi connectivity index (χ4n) is 4.57. The number of benzene rings is 2. The van der Waals surface area contributed by atoms with E-state index in [1.165, 1.54) is 54.1 Å². The second-order valence-corrected chi connectivity index (χ2v) is 17.9. The molecular weight excluding hydrogens is 837 g/mol. The Morgan fingerprint density at radius 1 is 0.932 bits per heavy atom. The summed E-state index contributed by atoms with van der Waals surface area (Å²) in [5.41, 5.74) is 1.78. The van der Waals surface area contributed by atoms with Gasteiger partial charge in [0.25, 0.3) is 0 Å². The lowest BCUT2D eigenvalue weighted by molar-refractivity contribution is 0.147. The fraction of sp³-hybridized carbons (Fsp3) is 0.368. The molecule has 4 atom stereocenters. The van der Waals surface area contributed by atoms with Crippen LogP contribution in [-0.2, 0) is 47.2 Å². The molecule has 4 rings (SSSR count). The molecule has 0 spiro atoms. The van der Waals surface area contributed by atoms with Crippen LogP contribution in [0.4, 0.5) is 34.4 Å². The number of hydrogen-bond donors (Lipinski definition) is 5. The Balaban J connectivity index is 0.000000962. The number of ether oxygens (including phenoxy) is 1. The Morgan fingerprint density at radius 3 is 2.08 bits per heavy atom. The van der Waals surface area contributed by atoms with E-state index in [4.69, 9.17) is 10.00 Å². The van der Waals surface area contributed by atoms with Crippen molar-refractivity contribution in [3.8, 4) is 12.1 Å². The second kappa shape index (κ2) is 27.0. The molecule has 2 aromatic carbocycles. The smallest absolute Gasteiger partial charge is 0.186 e. The highest BCUT2D eigenvalue weighted by atomic mass is 32.2. The summed E-state index contributed by atoms with van der Waals surface area (Å²) < 4.78 is 73.0. The minimum atomic E-state index is -3.60. The van der Waals surface area contributed by atoms with Crippen molar-refractivity contribution in [1.82, 2.24) is 10.3 Å². The molecule has 4 unspecified atom stereocenters. The molecule has 59 heavy (non-hydrogen) atoms. The topological polar surface area (TPSA) is 264 Å². The number of aromatic nitrogens is 1. The summed E-state index contributed by atoms with van der Waals surface area (Å²) in [5, 5.41) is 46.5. The molecule has 1 aromatic heterocycles. The van der Waals surface area contributed by atoms with Crippen molar-refractivity contribution in [1.29, 1.82) is 10.5 Å². The van der Waals surface area contributed by atoms with E-state index >= 15 is 0 Å². The third-order valence-corrected chi connectivity index (χ3v) is 12.4. The summed E-state index contributed by atoms with van der Waals surface area (Å²) in [4.78, 5) is 5.32. The Bertz CT molecular complexity index is 2240. The SMILES string of the molecule is C=CS(=O)CCNC.C=CS(=O)CCNc1nc(NCCCOCC)c(C#N)c(C)c1N=Nc1ccc(N=Nc2ccc(S(=O)O)cc2)cc1S(=O)(O)=C1CC1.CC#N. The zero-order valence-corrected chi connectivity index (χ0v) is 36.6. The van der Waals surface area contributed by atoms with Gasteiger partial charge in [-0.2, -0.15) is 20.8 Å². The zero-order valence-electron chi connectivity index (χ0n) is 33.4. The number of hydrogen-bond acceptors (Lipinski definition) is 15. The molecule has 1 fully saturated rings. The monoisotopic (exact) mass is 886 g/mol. The second-order valence-electron chi connectivity index (χ2n) is 11.9. The Kier molecular flexibility index (Phi) is 23.0. The molecule has 0 saturated heterocycles. The Labute approximate surface area is 353 Å². The first-order valence-electron chi connectivity index (χ1n) is 18.1. The van der Waals surface area contributed by atoms with Crippen LogP contribution in [0.2, 0.25) is 0 Å². The molecule has 1 saturated carbocycles. The van der Waals surface area contributed by atoms with Crippen molar-refractivity contribution in [2.75, 3.05) is 62.0 Å². The van der Waals surface area contributed by atoms with E-state index in [1.54, 1.807) is 19.1 Å². The van der Waals surface area contributed by atoms with E-state index in [0.29, 0.717) is 66.7 Å². The molecule has 3 aromatic rings. The number of pyridine rings is 1. The first-order valence-corrected chi connectivity index (χ1v) is 23.4. The lowest BCUT2D eigenvalue weighted by Gasteiger charge is -2.15. The van der Waals surface area contributed by atoms with Crippen molar-refractivity contribution in [2.24, 2.45) is 20.5 Å². The van der Waals surface area contributed by atoms with Gasteiger partial charge >= 0.3 is 0 Å². The van der Waals surface area contributed by atoms with Crippen LogP contribution in [0.3, 0.4) is 0 Å². The van der Waals surface area contributed by atoms with Crippen molar-refractivity contribution < 1.29 is 30.7 Å². The van der Waals surface area contributed by atoms with E-state index in [-0.39, 0.29) is 50.5 Å². The van der Waals surface area contributed by atoms with Gasteiger partial charge < -0.3 is 29.8 Å². The van der Waals surface area contributed by atoms with Crippen molar-refractivity contribution in [3.05, 3.63) is 77.6 Å². The minimum Gasteiger partial charge on any atom is -0.382 e. The highest BCUT2D eigenvalue weighted by Crippen LogP contribution is 2.38. The third-order valence-electron chi connectivity index (χ3n) is 7.67. The molecule has 0 bridgehead atoms. The molecule has 21 heteroatoms. The van der Waals surface area contributed by atoms with Crippen LogP contribution in [0.1, 0.15) is 44.2 Å². The summed E-state index contributed by atoms with van der Waals surface area (Å²) in [7, 11) is -3.85. The predicted molar refractivity (Wildman–Crippen MR) is 237 cm³/mol. The summed E-state index contributed by atoms with van der Waals surface area (Å²) in [5.74, 6) is 1.55. The lowest BCUT2D eigenvalue weighted by Crippen LogP contribution is -2.14. The fourth-order valence-corrected chi connectivity index (χ4v) is 7.62. The average Bonchev–Trinajstić information content (AvgIpc) is 4.09. The molecule has 0 aliphatic heterocycles. The highest BCUT2D eigenvalue weighted by Gasteiger charge is 2.27. The van der Waals surface area contributed by atoms with Gasteiger partial charge in [-0.3, -0.25) is 8.42 Å². The van der Waals surface area contributed by atoms with Gasteiger partial charge in [-0.25, -0.2) is 13.4 Å². The Morgan fingerprint density at radius 2 is 1.53 bits per heavy atom. The van der Waals surface area contributed by atoms with E-state index in [1.807, 2.05) is 14.0 Å². The molecule has 17 nitrogen and oxygen atoms in total. The number of anilines is 2. The zero-order chi connectivity index (χ0) is 43.8. The van der Waals surface area contributed by atoms with Gasteiger partial charge in [-0.05, 0) is 93.4 Å². The normalized spacial score (nSPS) is 14.3. The third kappa shape index (κ3) is 17.1. The number of nitrogens with zero attached hydrogens (tertiary/aromatic N) is 7. The van der Waals surface area contributed by atoms with E-state index in [2.05, 4.69) is 60.6 Å². The van der Waals surface area contributed by atoms with Gasteiger partial charge in [0, 0.05) is 83.3 Å². The minimum absolute atomic E-state index is 0.0100. The largest absolute Gasteiger partial charge is 0.382 e. The maximum atomic E-state index is 13.6. The van der Waals surface area contributed by atoms with Gasteiger partial charge in [-0.15, -0.1) is 10.2 Å². The van der Waals surface area contributed by atoms with Crippen molar-refractivity contribution in [2.45, 2.75) is 49.8 Å². The van der Waals surface area contributed by atoms with E-state index in [9.17, 15) is 31.2 Å². The summed E-state index contributed by atoms with van der Waals surface area (Å²) >= 11 is -2.12. The van der Waals surface area contributed by atoms with Crippen LogP contribution >= 0.6 is 0 Å². The number of azo groups is 2. The van der Waals surface area contributed by atoms with Gasteiger partial charge in [0.05, 0.1) is 32.8 Å². The molecule has 1 heterocycles. The van der Waals surface area contributed by atoms with Crippen LogP contribution in [-0.4, -0.2) is 87.2 Å². The maximum Gasteiger partial charge on any atom is 0.186 e. The maximum absolute atomic E-state index is 13.6. The van der Waals surface area contributed by atoms with Crippen LogP contribution in [0, 0.1) is 29.6 Å². The van der Waals surface area contributed by atoms with E-state index in [0.717, 1.165) is 6.54 Å².